The van der Waals surface area contributed by atoms with E-state index in [0.29, 0.717) is 18.4 Å². The summed E-state index contributed by atoms with van der Waals surface area (Å²) in [6.45, 7) is 0. The van der Waals surface area contributed by atoms with E-state index < -0.39 is 28.7 Å². The number of non-ortho nitro benzene ring substituents is 1. The summed E-state index contributed by atoms with van der Waals surface area (Å²) in [5.74, 6) is -1.81. The number of nitriles is 1. The largest absolute Gasteiger partial charge is 0.369 e. The van der Waals surface area contributed by atoms with Gasteiger partial charge in [0.2, 0.25) is 11.8 Å². The molecule has 1 aromatic rings. The first-order chi connectivity index (χ1) is 11.9. The summed E-state index contributed by atoms with van der Waals surface area (Å²) in [6.07, 6.45) is 3.11. The Labute approximate surface area is 145 Å². The quantitative estimate of drug-likeness (QED) is 0.593. The van der Waals surface area contributed by atoms with E-state index >= 15 is 0 Å². The Morgan fingerprint density at radius 3 is 2.40 bits per heavy atom. The van der Waals surface area contributed by atoms with Crippen LogP contribution < -0.4 is 11.1 Å². The van der Waals surface area contributed by atoms with Crippen LogP contribution >= 0.6 is 0 Å². The topological polar surface area (TPSA) is 139 Å². The predicted molar refractivity (Wildman–Crippen MR) is 89.0 cm³/mol. The zero-order valence-electron chi connectivity index (χ0n) is 13.7. The maximum absolute atomic E-state index is 12.5. The first-order valence-corrected chi connectivity index (χ1v) is 8.15. The molecule has 1 fully saturated rings. The molecule has 1 aromatic carbocycles. The van der Waals surface area contributed by atoms with Crippen molar-refractivity contribution in [1.82, 2.24) is 5.32 Å². The summed E-state index contributed by atoms with van der Waals surface area (Å²) >= 11 is 0. The van der Waals surface area contributed by atoms with Crippen LogP contribution in [0.2, 0.25) is 0 Å². The van der Waals surface area contributed by atoms with Gasteiger partial charge in [-0.2, -0.15) is 5.26 Å². The lowest BCUT2D eigenvalue weighted by atomic mass is 9.78. The van der Waals surface area contributed by atoms with Crippen molar-refractivity contribution >= 4 is 17.5 Å². The summed E-state index contributed by atoms with van der Waals surface area (Å²) < 4.78 is 0. The molecule has 1 aliphatic rings. The molecule has 0 bridgehead atoms. The Balaban J connectivity index is 2.01. The maximum atomic E-state index is 12.5. The van der Waals surface area contributed by atoms with Gasteiger partial charge >= 0.3 is 0 Å². The summed E-state index contributed by atoms with van der Waals surface area (Å²) in [5.41, 5.74) is 6.05. The Hall–Kier alpha value is -2.95. The van der Waals surface area contributed by atoms with Gasteiger partial charge in [0.25, 0.3) is 5.69 Å². The third kappa shape index (κ3) is 4.76. The first kappa shape index (κ1) is 18.4. The standard InChI is InChI=1S/C17H20N4O4/c18-10-12(9-11-5-7-13(8-6-11)21(24)25)20-17(23)15-4-2-1-3-14(15)16(19)22/h5-8,12,14-15H,1-4,9H2,(H2,19,22)(H,20,23)/t12?,14-,15+/m0/s1. The van der Waals surface area contributed by atoms with Gasteiger partial charge < -0.3 is 11.1 Å². The minimum absolute atomic E-state index is 0.0344. The van der Waals surface area contributed by atoms with Crippen molar-refractivity contribution in [2.75, 3.05) is 0 Å². The average molecular weight is 344 g/mol. The van der Waals surface area contributed by atoms with E-state index in [1.54, 1.807) is 12.1 Å². The zero-order chi connectivity index (χ0) is 18.4. The lowest BCUT2D eigenvalue weighted by Gasteiger charge is -2.29. The van der Waals surface area contributed by atoms with Crippen LogP contribution in [-0.2, 0) is 16.0 Å². The van der Waals surface area contributed by atoms with E-state index in [1.807, 2.05) is 6.07 Å². The van der Waals surface area contributed by atoms with Gasteiger partial charge in [0, 0.05) is 30.4 Å². The number of primary amides is 1. The van der Waals surface area contributed by atoms with Crippen LogP contribution in [0.25, 0.3) is 0 Å². The molecular weight excluding hydrogens is 324 g/mol. The minimum atomic E-state index is -0.774. The zero-order valence-corrected chi connectivity index (χ0v) is 13.7. The van der Waals surface area contributed by atoms with Crippen LogP contribution in [0.3, 0.4) is 0 Å². The number of benzene rings is 1. The number of nitro groups is 1. The summed E-state index contributed by atoms with van der Waals surface area (Å²) in [5, 5.41) is 22.6. The molecule has 1 aliphatic carbocycles. The van der Waals surface area contributed by atoms with E-state index in [4.69, 9.17) is 5.73 Å². The van der Waals surface area contributed by atoms with Crippen molar-refractivity contribution in [3.8, 4) is 6.07 Å². The molecule has 0 aliphatic heterocycles. The highest BCUT2D eigenvalue weighted by atomic mass is 16.6. The summed E-state index contributed by atoms with van der Waals surface area (Å²) in [6, 6.07) is 7.07. The van der Waals surface area contributed by atoms with Crippen molar-refractivity contribution in [1.29, 1.82) is 5.26 Å². The smallest absolute Gasteiger partial charge is 0.269 e. The van der Waals surface area contributed by atoms with Crippen LogP contribution in [0, 0.1) is 33.3 Å². The van der Waals surface area contributed by atoms with Crippen molar-refractivity contribution < 1.29 is 14.5 Å². The number of nitrogens with one attached hydrogen (secondary N) is 1. The first-order valence-electron chi connectivity index (χ1n) is 8.15. The van der Waals surface area contributed by atoms with E-state index in [9.17, 15) is 25.0 Å². The minimum Gasteiger partial charge on any atom is -0.369 e. The molecule has 2 rings (SSSR count). The maximum Gasteiger partial charge on any atom is 0.269 e. The molecule has 8 heteroatoms. The van der Waals surface area contributed by atoms with Gasteiger partial charge in [-0.3, -0.25) is 19.7 Å². The van der Waals surface area contributed by atoms with Crippen molar-refractivity contribution in [3.05, 3.63) is 39.9 Å². The van der Waals surface area contributed by atoms with Gasteiger partial charge in [-0.1, -0.05) is 25.0 Å². The van der Waals surface area contributed by atoms with Crippen LogP contribution in [0.1, 0.15) is 31.2 Å². The van der Waals surface area contributed by atoms with Crippen molar-refractivity contribution in [3.63, 3.8) is 0 Å². The Morgan fingerprint density at radius 2 is 1.88 bits per heavy atom. The molecular formula is C17H20N4O4. The molecule has 8 nitrogen and oxygen atoms in total. The van der Waals surface area contributed by atoms with Gasteiger partial charge in [0.05, 0.1) is 11.0 Å². The number of amides is 2. The SMILES string of the molecule is N#CC(Cc1ccc([N+](=O)[O-])cc1)NC(=O)[C@@H]1CCCC[C@@H]1C(N)=O. The number of nitrogens with two attached hydrogens (primary N) is 1. The van der Waals surface area contributed by atoms with Gasteiger partial charge in [-0.25, -0.2) is 0 Å². The van der Waals surface area contributed by atoms with E-state index in [-0.39, 0.29) is 18.0 Å². The highest BCUT2D eigenvalue weighted by Crippen LogP contribution is 2.30. The van der Waals surface area contributed by atoms with E-state index in [0.717, 1.165) is 12.8 Å². The number of nitrogens with zero attached hydrogens (tertiary/aromatic N) is 2. The molecule has 0 aromatic heterocycles. The third-order valence-electron chi connectivity index (χ3n) is 4.53. The van der Waals surface area contributed by atoms with Crippen LogP contribution in [-0.4, -0.2) is 22.8 Å². The summed E-state index contributed by atoms with van der Waals surface area (Å²) in [4.78, 5) is 34.1. The molecule has 3 N–H and O–H groups in total. The fourth-order valence-electron chi connectivity index (χ4n) is 3.18. The molecule has 132 valence electrons. The second-order valence-corrected chi connectivity index (χ2v) is 6.22. The van der Waals surface area contributed by atoms with Gasteiger partial charge in [0.1, 0.15) is 6.04 Å². The average Bonchev–Trinajstić information content (AvgIpc) is 2.61. The summed E-state index contributed by atoms with van der Waals surface area (Å²) in [7, 11) is 0. The molecule has 0 heterocycles. The molecule has 3 atom stereocenters. The van der Waals surface area contributed by atoms with E-state index in [2.05, 4.69) is 5.32 Å². The fraction of sp³-hybridized carbons (Fsp3) is 0.471. The second-order valence-electron chi connectivity index (χ2n) is 6.22. The lowest BCUT2D eigenvalue weighted by molar-refractivity contribution is -0.384. The molecule has 0 spiro atoms. The number of rotatable bonds is 6. The Bertz CT molecular complexity index is 696. The van der Waals surface area contributed by atoms with Crippen LogP contribution in [0.5, 0.6) is 0 Å². The Kier molecular flexibility index (Phi) is 6.06. The third-order valence-corrected chi connectivity index (χ3v) is 4.53. The number of carbonyl (C=O) groups excluding carboxylic acids is 2. The second kappa shape index (κ2) is 8.24. The highest BCUT2D eigenvalue weighted by Gasteiger charge is 2.35. The van der Waals surface area contributed by atoms with Crippen molar-refractivity contribution in [2.45, 2.75) is 38.1 Å². The lowest BCUT2D eigenvalue weighted by Crippen LogP contribution is -2.45. The molecule has 25 heavy (non-hydrogen) atoms. The van der Waals surface area contributed by atoms with E-state index in [1.165, 1.54) is 12.1 Å². The number of hydrogen-bond donors (Lipinski definition) is 2. The molecule has 1 saturated carbocycles. The Morgan fingerprint density at radius 1 is 1.28 bits per heavy atom. The van der Waals surface area contributed by atoms with Gasteiger partial charge in [-0.05, 0) is 18.4 Å². The highest BCUT2D eigenvalue weighted by molar-refractivity contribution is 5.87. The van der Waals surface area contributed by atoms with Crippen molar-refractivity contribution in [2.24, 2.45) is 17.6 Å². The van der Waals surface area contributed by atoms with Crippen LogP contribution in [0.4, 0.5) is 5.69 Å². The molecule has 1 unspecified atom stereocenters. The normalized spacial score (nSPS) is 20.9. The fourth-order valence-corrected chi connectivity index (χ4v) is 3.18. The number of hydrogen-bond acceptors (Lipinski definition) is 5. The number of nitro benzene ring substituents is 1. The monoisotopic (exact) mass is 344 g/mol. The van der Waals surface area contributed by atoms with Crippen LogP contribution in [0.15, 0.2) is 24.3 Å². The molecule has 2 amide bonds. The van der Waals surface area contributed by atoms with Gasteiger partial charge in [-0.15, -0.1) is 0 Å². The predicted octanol–water partition coefficient (Wildman–Crippen LogP) is 1.44. The molecule has 0 radical (unpaired) electrons. The number of carbonyl (C=O) groups is 2. The molecule has 0 saturated heterocycles. The van der Waals surface area contributed by atoms with Gasteiger partial charge in [0.15, 0.2) is 0 Å².